The van der Waals surface area contributed by atoms with Crippen LogP contribution in [0.15, 0.2) is 18.2 Å². The summed E-state index contributed by atoms with van der Waals surface area (Å²) in [5.41, 5.74) is 1.82. The van der Waals surface area contributed by atoms with Gasteiger partial charge < -0.3 is 5.32 Å². The highest BCUT2D eigenvalue weighted by atomic mass is 32.2. The number of hydrogen-bond donors (Lipinski definition) is 1. The van der Waals surface area contributed by atoms with Gasteiger partial charge in [0.05, 0.1) is 11.1 Å². The summed E-state index contributed by atoms with van der Waals surface area (Å²) in [5.74, 6) is 2.36. The molecular formula is C13H13N3S. The Balaban J connectivity index is 2.12. The molecule has 1 fully saturated rings. The fraction of sp³-hybridized carbons (Fsp3) is 0.385. The molecule has 17 heavy (non-hydrogen) atoms. The molecule has 0 amide bonds. The SMILES string of the molecule is N#Cc1ccc(NC2CCCSC2)cc1C#N. The third kappa shape index (κ3) is 2.93. The molecule has 0 aromatic heterocycles. The van der Waals surface area contributed by atoms with Crippen molar-refractivity contribution in [1.82, 2.24) is 0 Å². The lowest BCUT2D eigenvalue weighted by molar-refractivity contribution is 0.685. The first-order valence-corrected chi connectivity index (χ1v) is 6.77. The fourth-order valence-electron chi connectivity index (χ4n) is 1.91. The zero-order valence-electron chi connectivity index (χ0n) is 9.44. The highest BCUT2D eigenvalue weighted by molar-refractivity contribution is 7.99. The Morgan fingerprint density at radius 3 is 2.71 bits per heavy atom. The van der Waals surface area contributed by atoms with Crippen LogP contribution < -0.4 is 5.32 Å². The molecule has 1 aromatic rings. The van der Waals surface area contributed by atoms with E-state index in [2.05, 4.69) is 11.4 Å². The van der Waals surface area contributed by atoms with E-state index >= 15 is 0 Å². The van der Waals surface area contributed by atoms with Gasteiger partial charge >= 0.3 is 0 Å². The molecule has 4 heteroatoms. The van der Waals surface area contributed by atoms with Crippen LogP contribution in [0.2, 0.25) is 0 Å². The summed E-state index contributed by atoms with van der Waals surface area (Å²) < 4.78 is 0. The number of nitrogens with one attached hydrogen (secondary N) is 1. The molecule has 1 atom stereocenters. The van der Waals surface area contributed by atoms with Crippen molar-refractivity contribution in [3.8, 4) is 12.1 Å². The van der Waals surface area contributed by atoms with Crippen molar-refractivity contribution >= 4 is 17.4 Å². The number of benzene rings is 1. The van der Waals surface area contributed by atoms with Crippen molar-refractivity contribution in [3.63, 3.8) is 0 Å². The van der Waals surface area contributed by atoms with Gasteiger partial charge in [-0.15, -0.1) is 0 Å². The van der Waals surface area contributed by atoms with Crippen LogP contribution in [0.1, 0.15) is 24.0 Å². The molecule has 1 aliphatic rings. The molecule has 1 N–H and O–H groups in total. The van der Waals surface area contributed by atoms with E-state index in [0.29, 0.717) is 17.2 Å². The number of rotatable bonds is 2. The first-order valence-electron chi connectivity index (χ1n) is 5.62. The van der Waals surface area contributed by atoms with Crippen LogP contribution in [0.4, 0.5) is 5.69 Å². The summed E-state index contributed by atoms with van der Waals surface area (Å²) in [6.07, 6.45) is 2.42. The Bertz CT molecular complexity index is 478. The van der Waals surface area contributed by atoms with Gasteiger partial charge in [-0.2, -0.15) is 22.3 Å². The molecule has 3 nitrogen and oxygen atoms in total. The minimum Gasteiger partial charge on any atom is -0.381 e. The Hall–Kier alpha value is -1.65. The van der Waals surface area contributed by atoms with Gasteiger partial charge in [0.25, 0.3) is 0 Å². The summed E-state index contributed by atoms with van der Waals surface area (Å²) >= 11 is 1.96. The van der Waals surface area contributed by atoms with E-state index in [1.165, 1.54) is 18.6 Å². The van der Waals surface area contributed by atoms with E-state index in [0.717, 1.165) is 11.4 Å². The van der Waals surface area contributed by atoms with Crippen molar-refractivity contribution in [1.29, 1.82) is 10.5 Å². The van der Waals surface area contributed by atoms with Crippen LogP contribution in [0.25, 0.3) is 0 Å². The van der Waals surface area contributed by atoms with Gasteiger partial charge in [-0.1, -0.05) is 0 Å². The van der Waals surface area contributed by atoms with Crippen LogP contribution >= 0.6 is 11.8 Å². The normalized spacial score (nSPS) is 19.1. The maximum atomic E-state index is 8.95. The second kappa shape index (κ2) is 5.61. The van der Waals surface area contributed by atoms with Gasteiger partial charge in [0, 0.05) is 17.5 Å². The third-order valence-corrected chi connectivity index (χ3v) is 4.01. The van der Waals surface area contributed by atoms with E-state index in [-0.39, 0.29) is 0 Å². The summed E-state index contributed by atoms with van der Waals surface area (Å²) in [4.78, 5) is 0. The summed E-state index contributed by atoms with van der Waals surface area (Å²) in [7, 11) is 0. The topological polar surface area (TPSA) is 59.6 Å². The highest BCUT2D eigenvalue weighted by Gasteiger charge is 2.13. The molecule has 1 saturated heterocycles. The molecule has 1 heterocycles. The van der Waals surface area contributed by atoms with Crippen molar-refractivity contribution < 1.29 is 0 Å². The lowest BCUT2D eigenvalue weighted by Crippen LogP contribution is -2.25. The molecule has 0 saturated carbocycles. The van der Waals surface area contributed by atoms with Gasteiger partial charge in [-0.3, -0.25) is 0 Å². The lowest BCUT2D eigenvalue weighted by Gasteiger charge is -2.23. The standard InChI is InChI=1S/C13H13N3S/c14-7-10-3-4-12(6-11(10)8-15)16-13-2-1-5-17-9-13/h3-4,6,13,16H,1-2,5,9H2. The van der Waals surface area contributed by atoms with E-state index in [1.807, 2.05) is 23.9 Å². The van der Waals surface area contributed by atoms with E-state index in [4.69, 9.17) is 10.5 Å². The number of hydrogen-bond acceptors (Lipinski definition) is 4. The van der Waals surface area contributed by atoms with Gasteiger partial charge in [0.15, 0.2) is 0 Å². The van der Waals surface area contributed by atoms with Gasteiger partial charge in [-0.05, 0) is 36.8 Å². The van der Waals surface area contributed by atoms with Crippen molar-refractivity contribution in [2.75, 3.05) is 16.8 Å². The predicted octanol–water partition coefficient (Wildman–Crippen LogP) is 2.74. The molecule has 0 spiro atoms. The molecule has 1 aromatic carbocycles. The first kappa shape index (κ1) is 11.8. The number of nitrogens with zero attached hydrogens (tertiary/aromatic N) is 2. The van der Waals surface area contributed by atoms with Crippen LogP contribution in [0, 0.1) is 22.7 Å². The van der Waals surface area contributed by atoms with Crippen LogP contribution in [-0.4, -0.2) is 17.5 Å². The Morgan fingerprint density at radius 1 is 1.24 bits per heavy atom. The lowest BCUT2D eigenvalue weighted by atomic mass is 10.1. The Kier molecular flexibility index (Phi) is 3.90. The molecule has 0 radical (unpaired) electrons. The average Bonchev–Trinajstić information content (AvgIpc) is 2.40. The highest BCUT2D eigenvalue weighted by Crippen LogP contribution is 2.22. The van der Waals surface area contributed by atoms with E-state index in [9.17, 15) is 0 Å². The molecular weight excluding hydrogens is 230 g/mol. The van der Waals surface area contributed by atoms with Crippen LogP contribution in [0.5, 0.6) is 0 Å². The largest absolute Gasteiger partial charge is 0.381 e. The van der Waals surface area contributed by atoms with Gasteiger partial charge in [0.2, 0.25) is 0 Å². The Labute approximate surface area is 105 Å². The van der Waals surface area contributed by atoms with Gasteiger partial charge in [0.1, 0.15) is 12.1 Å². The maximum absolute atomic E-state index is 8.95. The summed E-state index contributed by atoms with van der Waals surface area (Å²) in [6, 6.07) is 9.90. The zero-order valence-corrected chi connectivity index (χ0v) is 10.3. The quantitative estimate of drug-likeness (QED) is 0.867. The third-order valence-electron chi connectivity index (χ3n) is 2.79. The van der Waals surface area contributed by atoms with E-state index in [1.54, 1.807) is 12.1 Å². The summed E-state index contributed by atoms with van der Waals surface area (Å²) in [6.45, 7) is 0. The number of thioether (sulfide) groups is 1. The van der Waals surface area contributed by atoms with Crippen LogP contribution in [0.3, 0.4) is 0 Å². The number of anilines is 1. The minimum absolute atomic E-state index is 0.441. The minimum atomic E-state index is 0.441. The van der Waals surface area contributed by atoms with Crippen molar-refractivity contribution in [3.05, 3.63) is 29.3 Å². The maximum Gasteiger partial charge on any atom is 0.101 e. The molecule has 0 bridgehead atoms. The average molecular weight is 243 g/mol. The fourth-order valence-corrected chi connectivity index (χ4v) is 2.99. The van der Waals surface area contributed by atoms with Crippen LogP contribution in [-0.2, 0) is 0 Å². The predicted molar refractivity (Wildman–Crippen MR) is 69.8 cm³/mol. The van der Waals surface area contributed by atoms with E-state index < -0.39 is 0 Å². The molecule has 2 rings (SSSR count). The summed E-state index contributed by atoms with van der Waals surface area (Å²) in [5, 5.41) is 21.2. The molecule has 0 aliphatic carbocycles. The van der Waals surface area contributed by atoms with Crippen molar-refractivity contribution in [2.45, 2.75) is 18.9 Å². The second-order valence-corrected chi connectivity index (χ2v) is 5.19. The first-order chi connectivity index (χ1) is 8.33. The second-order valence-electron chi connectivity index (χ2n) is 4.04. The molecule has 1 unspecified atom stereocenters. The monoisotopic (exact) mass is 243 g/mol. The van der Waals surface area contributed by atoms with Crippen molar-refractivity contribution in [2.24, 2.45) is 0 Å². The molecule has 1 aliphatic heterocycles. The van der Waals surface area contributed by atoms with Gasteiger partial charge in [-0.25, -0.2) is 0 Å². The number of nitriles is 2. The Morgan fingerprint density at radius 2 is 2.06 bits per heavy atom. The zero-order chi connectivity index (χ0) is 12.1. The molecule has 86 valence electrons. The smallest absolute Gasteiger partial charge is 0.101 e.